The van der Waals surface area contributed by atoms with E-state index >= 15 is 0 Å². The summed E-state index contributed by atoms with van der Waals surface area (Å²) in [6, 6.07) is 0. The molecule has 0 aliphatic rings. The quantitative estimate of drug-likeness (QED) is 0.149. The molecule has 3 nitrogen and oxygen atoms in total. The van der Waals surface area contributed by atoms with Crippen molar-refractivity contribution in [1.82, 2.24) is 0 Å². The van der Waals surface area contributed by atoms with E-state index in [-0.39, 0.29) is 12.2 Å². The Balaban J connectivity index is 3.31. The molecule has 2 atom stereocenters. The number of hydrogen-bond acceptors (Lipinski definition) is 3. The van der Waals surface area contributed by atoms with Gasteiger partial charge in [0.2, 0.25) is 0 Å². The monoisotopic (exact) mass is 442 g/mol. The molecule has 0 amide bonds. The summed E-state index contributed by atoms with van der Waals surface area (Å²) in [6.07, 6.45) is 21.6. The van der Waals surface area contributed by atoms with Crippen LogP contribution in [-0.4, -0.2) is 35.6 Å². The molecule has 0 heterocycles. The van der Waals surface area contributed by atoms with Crippen molar-refractivity contribution >= 4 is 0 Å². The minimum atomic E-state index is -0.381. The zero-order chi connectivity index (χ0) is 23.2. The van der Waals surface area contributed by atoms with E-state index in [9.17, 15) is 10.2 Å². The predicted octanol–water partition coefficient (Wildman–Crippen LogP) is 8.06. The van der Waals surface area contributed by atoms with Crippen molar-refractivity contribution in [3.63, 3.8) is 0 Å². The van der Waals surface area contributed by atoms with Crippen molar-refractivity contribution in [3.8, 4) is 0 Å². The van der Waals surface area contributed by atoms with Crippen molar-refractivity contribution in [2.45, 2.75) is 155 Å². The van der Waals surface area contributed by atoms with Crippen LogP contribution in [0.25, 0.3) is 0 Å². The Morgan fingerprint density at radius 1 is 0.419 bits per heavy atom. The fourth-order valence-corrected chi connectivity index (χ4v) is 4.14. The summed E-state index contributed by atoms with van der Waals surface area (Å²) in [5.74, 6) is 1.67. The second-order valence-electron chi connectivity index (χ2n) is 10.7. The molecule has 0 saturated carbocycles. The molecule has 0 aliphatic heterocycles. The molecule has 2 unspecified atom stereocenters. The minimum Gasteiger partial charge on any atom is -0.391 e. The highest BCUT2D eigenvalue weighted by Crippen LogP contribution is 2.14. The standard InChI is InChI=1S/C28H58O3/c1-25(2)19-15-11-7-5-9-13-17-21-27(29)23-31-24-28(30)22-18-14-10-6-8-12-16-20-26(3)4/h25-30H,5-24H2,1-4H3. The van der Waals surface area contributed by atoms with E-state index in [1.54, 1.807) is 0 Å². The maximum atomic E-state index is 10.0. The Morgan fingerprint density at radius 2 is 0.677 bits per heavy atom. The summed E-state index contributed by atoms with van der Waals surface area (Å²) >= 11 is 0. The molecule has 0 aromatic rings. The van der Waals surface area contributed by atoms with Gasteiger partial charge >= 0.3 is 0 Å². The smallest absolute Gasteiger partial charge is 0.0773 e. The summed E-state index contributed by atoms with van der Waals surface area (Å²) in [7, 11) is 0. The van der Waals surface area contributed by atoms with Gasteiger partial charge in [-0.15, -0.1) is 0 Å². The molecular weight excluding hydrogens is 384 g/mol. The van der Waals surface area contributed by atoms with Crippen molar-refractivity contribution in [2.24, 2.45) is 11.8 Å². The zero-order valence-corrected chi connectivity index (χ0v) is 21.8. The first-order valence-electron chi connectivity index (χ1n) is 13.9. The molecule has 188 valence electrons. The Morgan fingerprint density at radius 3 is 0.968 bits per heavy atom. The van der Waals surface area contributed by atoms with Gasteiger partial charge in [-0.05, 0) is 24.7 Å². The van der Waals surface area contributed by atoms with E-state index < -0.39 is 0 Å². The van der Waals surface area contributed by atoms with E-state index in [2.05, 4.69) is 27.7 Å². The van der Waals surface area contributed by atoms with Gasteiger partial charge < -0.3 is 14.9 Å². The van der Waals surface area contributed by atoms with E-state index in [0.29, 0.717) is 13.2 Å². The first-order valence-corrected chi connectivity index (χ1v) is 13.9. The van der Waals surface area contributed by atoms with Gasteiger partial charge in [0, 0.05) is 0 Å². The van der Waals surface area contributed by atoms with Crippen LogP contribution in [0.2, 0.25) is 0 Å². The van der Waals surface area contributed by atoms with Crippen LogP contribution < -0.4 is 0 Å². The predicted molar refractivity (Wildman–Crippen MR) is 136 cm³/mol. The lowest BCUT2D eigenvalue weighted by atomic mass is 10.0. The van der Waals surface area contributed by atoms with Crippen LogP contribution in [-0.2, 0) is 4.74 Å². The van der Waals surface area contributed by atoms with Gasteiger partial charge in [0.25, 0.3) is 0 Å². The normalized spacial score (nSPS) is 13.9. The summed E-state index contributed by atoms with van der Waals surface area (Å²) in [5.41, 5.74) is 0. The van der Waals surface area contributed by atoms with Crippen molar-refractivity contribution < 1.29 is 14.9 Å². The van der Waals surface area contributed by atoms with Crippen LogP contribution in [0, 0.1) is 11.8 Å². The van der Waals surface area contributed by atoms with E-state index in [1.165, 1.54) is 89.9 Å². The van der Waals surface area contributed by atoms with Gasteiger partial charge in [0.1, 0.15) is 0 Å². The van der Waals surface area contributed by atoms with Crippen LogP contribution >= 0.6 is 0 Å². The number of hydrogen-bond donors (Lipinski definition) is 2. The molecule has 3 heteroatoms. The van der Waals surface area contributed by atoms with Crippen molar-refractivity contribution in [3.05, 3.63) is 0 Å². The lowest BCUT2D eigenvalue weighted by Crippen LogP contribution is -2.21. The number of aliphatic hydroxyl groups excluding tert-OH is 2. The van der Waals surface area contributed by atoms with Crippen LogP contribution in [0.15, 0.2) is 0 Å². The Bertz CT molecular complexity index is 311. The van der Waals surface area contributed by atoms with Crippen molar-refractivity contribution in [1.29, 1.82) is 0 Å². The maximum Gasteiger partial charge on any atom is 0.0773 e. The van der Waals surface area contributed by atoms with E-state index in [4.69, 9.17) is 4.74 Å². The minimum absolute atomic E-state index is 0.364. The van der Waals surface area contributed by atoms with Crippen LogP contribution in [0.3, 0.4) is 0 Å². The third kappa shape index (κ3) is 26.0. The van der Waals surface area contributed by atoms with Crippen LogP contribution in [0.5, 0.6) is 0 Å². The second kappa shape index (κ2) is 23.1. The molecule has 0 bridgehead atoms. The lowest BCUT2D eigenvalue weighted by Gasteiger charge is -2.14. The highest BCUT2D eigenvalue weighted by atomic mass is 16.5. The molecule has 0 spiro atoms. The second-order valence-corrected chi connectivity index (χ2v) is 10.7. The largest absolute Gasteiger partial charge is 0.391 e. The fourth-order valence-electron chi connectivity index (χ4n) is 4.14. The average molecular weight is 443 g/mol. The maximum absolute atomic E-state index is 10.0. The van der Waals surface area contributed by atoms with Crippen molar-refractivity contribution in [2.75, 3.05) is 13.2 Å². The highest BCUT2D eigenvalue weighted by Gasteiger charge is 2.08. The fraction of sp³-hybridized carbons (Fsp3) is 1.00. The average Bonchev–Trinajstić information content (AvgIpc) is 2.70. The number of unbranched alkanes of at least 4 members (excludes halogenated alkanes) is 12. The van der Waals surface area contributed by atoms with E-state index in [0.717, 1.165) is 37.5 Å². The van der Waals surface area contributed by atoms with E-state index in [1.807, 2.05) is 0 Å². The summed E-state index contributed by atoms with van der Waals surface area (Å²) < 4.78 is 5.54. The van der Waals surface area contributed by atoms with Gasteiger partial charge in [-0.25, -0.2) is 0 Å². The molecule has 0 aromatic carbocycles. The van der Waals surface area contributed by atoms with Crippen LogP contribution in [0.4, 0.5) is 0 Å². The third-order valence-electron chi connectivity index (χ3n) is 6.26. The van der Waals surface area contributed by atoms with Gasteiger partial charge in [-0.2, -0.15) is 0 Å². The number of ether oxygens (including phenoxy) is 1. The van der Waals surface area contributed by atoms with Gasteiger partial charge in [-0.3, -0.25) is 0 Å². The first kappa shape index (κ1) is 30.9. The number of aliphatic hydroxyl groups is 2. The van der Waals surface area contributed by atoms with Gasteiger partial charge in [0.15, 0.2) is 0 Å². The molecule has 31 heavy (non-hydrogen) atoms. The first-order chi connectivity index (χ1) is 14.9. The molecule has 2 N–H and O–H groups in total. The molecule has 0 rings (SSSR count). The van der Waals surface area contributed by atoms with Crippen LogP contribution in [0.1, 0.15) is 143 Å². The topological polar surface area (TPSA) is 49.7 Å². The van der Waals surface area contributed by atoms with Gasteiger partial charge in [0.05, 0.1) is 25.4 Å². The molecule has 0 fully saturated rings. The zero-order valence-electron chi connectivity index (χ0n) is 21.8. The Labute approximate surface area is 195 Å². The summed E-state index contributed by atoms with van der Waals surface area (Å²) in [4.78, 5) is 0. The lowest BCUT2D eigenvalue weighted by molar-refractivity contribution is -0.0129. The number of rotatable bonds is 24. The Hall–Kier alpha value is -0.120. The molecule has 0 saturated heterocycles. The summed E-state index contributed by atoms with van der Waals surface area (Å²) in [5, 5.41) is 20.1. The molecule has 0 radical (unpaired) electrons. The highest BCUT2D eigenvalue weighted by molar-refractivity contribution is 4.59. The molecule has 0 aromatic heterocycles. The van der Waals surface area contributed by atoms with Gasteiger partial charge in [-0.1, -0.05) is 130 Å². The Kier molecular flexibility index (Phi) is 23.0. The third-order valence-corrected chi connectivity index (χ3v) is 6.26. The molecule has 0 aliphatic carbocycles. The molecular formula is C28H58O3. The SMILES string of the molecule is CC(C)CCCCCCCCCC(O)COCC(O)CCCCCCCCCC(C)C. The summed E-state index contributed by atoms with van der Waals surface area (Å²) in [6.45, 7) is 9.93.